The van der Waals surface area contributed by atoms with Gasteiger partial charge in [-0.15, -0.1) is 0 Å². The van der Waals surface area contributed by atoms with E-state index in [-0.39, 0.29) is 0 Å². The lowest BCUT2D eigenvalue weighted by molar-refractivity contribution is 0.498. The van der Waals surface area contributed by atoms with Crippen LogP contribution in [0.25, 0.3) is 0 Å². The summed E-state index contributed by atoms with van der Waals surface area (Å²) < 4.78 is 5.60. The van der Waals surface area contributed by atoms with Crippen LogP contribution in [0.4, 0.5) is 0 Å². The molecule has 0 aromatic carbocycles. The predicted molar refractivity (Wildman–Crippen MR) is 75.7 cm³/mol. The summed E-state index contributed by atoms with van der Waals surface area (Å²) in [6, 6.07) is 2.50. The summed E-state index contributed by atoms with van der Waals surface area (Å²) in [7, 11) is 0. The highest BCUT2D eigenvalue weighted by Gasteiger charge is 2.20. The van der Waals surface area contributed by atoms with E-state index in [1.54, 1.807) is 5.57 Å². The van der Waals surface area contributed by atoms with Gasteiger partial charge < -0.3 is 9.73 Å². The number of likely N-dealkylation sites (N-methyl/N-ethyl adjacent to an activating group) is 1. The van der Waals surface area contributed by atoms with Crippen LogP contribution >= 0.6 is 0 Å². The summed E-state index contributed by atoms with van der Waals surface area (Å²) >= 11 is 0. The molecule has 1 aromatic heterocycles. The molecule has 1 aliphatic rings. The van der Waals surface area contributed by atoms with Crippen molar-refractivity contribution in [2.45, 2.75) is 58.4 Å². The minimum atomic E-state index is 0.363. The fraction of sp³-hybridized carbons (Fsp3) is 0.625. The first kappa shape index (κ1) is 13.4. The predicted octanol–water partition coefficient (Wildman–Crippen LogP) is 4.38. The molecule has 0 saturated carbocycles. The van der Waals surface area contributed by atoms with E-state index in [0.29, 0.717) is 6.04 Å². The number of aryl methyl sites for hydroxylation is 1. The Balaban J connectivity index is 2.24. The van der Waals surface area contributed by atoms with Crippen molar-refractivity contribution in [3.8, 4) is 0 Å². The summed E-state index contributed by atoms with van der Waals surface area (Å²) in [5.41, 5.74) is 2.90. The highest BCUT2D eigenvalue weighted by molar-refractivity contribution is 5.30. The van der Waals surface area contributed by atoms with E-state index >= 15 is 0 Å². The lowest BCUT2D eigenvalue weighted by Gasteiger charge is -2.21. The van der Waals surface area contributed by atoms with Gasteiger partial charge in [-0.1, -0.05) is 31.9 Å². The summed E-state index contributed by atoms with van der Waals surface area (Å²) in [5, 5.41) is 3.63. The average molecular weight is 247 g/mol. The third-order valence-corrected chi connectivity index (χ3v) is 3.77. The third kappa shape index (κ3) is 3.05. The topological polar surface area (TPSA) is 25.2 Å². The molecular weight excluding hydrogens is 222 g/mol. The second kappa shape index (κ2) is 6.79. The number of nitrogens with one attached hydrogen (secondary N) is 1. The Bertz CT molecular complexity index is 392. The molecule has 1 heterocycles. The minimum Gasteiger partial charge on any atom is -0.469 e. The minimum absolute atomic E-state index is 0.363. The zero-order valence-electron chi connectivity index (χ0n) is 11.7. The molecule has 0 spiro atoms. The van der Waals surface area contributed by atoms with Gasteiger partial charge in [0.15, 0.2) is 0 Å². The first-order valence-electron chi connectivity index (χ1n) is 7.35. The smallest absolute Gasteiger partial charge is 0.108 e. The van der Waals surface area contributed by atoms with Crippen molar-refractivity contribution in [3.05, 3.63) is 35.3 Å². The zero-order valence-corrected chi connectivity index (χ0v) is 11.7. The Labute approximate surface area is 110 Å². The quantitative estimate of drug-likeness (QED) is 0.781. The number of hydrogen-bond donors (Lipinski definition) is 1. The molecule has 0 radical (unpaired) electrons. The third-order valence-electron chi connectivity index (χ3n) is 3.77. The summed E-state index contributed by atoms with van der Waals surface area (Å²) in [6.45, 7) is 5.33. The highest BCUT2D eigenvalue weighted by Crippen LogP contribution is 2.31. The average Bonchev–Trinajstić information content (AvgIpc) is 2.69. The summed E-state index contributed by atoms with van der Waals surface area (Å²) in [5.74, 6) is 1.13. The molecule has 0 fully saturated rings. The van der Waals surface area contributed by atoms with Crippen LogP contribution in [0, 0.1) is 0 Å². The van der Waals surface area contributed by atoms with Gasteiger partial charge >= 0.3 is 0 Å². The normalized spacial score (nSPS) is 18.2. The van der Waals surface area contributed by atoms with Crippen molar-refractivity contribution in [2.75, 3.05) is 6.54 Å². The maximum Gasteiger partial charge on any atom is 0.108 e. The Kier molecular flexibility index (Phi) is 5.06. The van der Waals surface area contributed by atoms with Crippen molar-refractivity contribution >= 4 is 0 Å². The largest absolute Gasteiger partial charge is 0.469 e. The summed E-state index contributed by atoms with van der Waals surface area (Å²) in [4.78, 5) is 0. The van der Waals surface area contributed by atoms with Gasteiger partial charge in [0.25, 0.3) is 0 Å². The first-order valence-corrected chi connectivity index (χ1v) is 7.35. The van der Waals surface area contributed by atoms with E-state index in [0.717, 1.165) is 18.7 Å². The fourth-order valence-corrected chi connectivity index (χ4v) is 2.84. The molecule has 1 unspecified atom stereocenters. The molecule has 18 heavy (non-hydrogen) atoms. The van der Waals surface area contributed by atoms with Crippen LogP contribution in [-0.2, 0) is 6.42 Å². The molecule has 0 saturated heterocycles. The zero-order chi connectivity index (χ0) is 12.8. The number of hydrogen-bond acceptors (Lipinski definition) is 2. The van der Waals surface area contributed by atoms with Crippen LogP contribution in [0.15, 0.2) is 28.4 Å². The number of rotatable bonds is 5. The molecule has 0 bridgehead atoms. The van der Waals surface area contributed by atoms with Crippen LogP contribution in [0.3, 0.4) is 0 Å². The Hall–Kier alpha value is -1.02. The van der Waals surface area contributed by atoms with Gasteiger partial charge in [0, 0.05) is 12.0 Å². The fourth-order valence-electron chi connectivity index (χ4n) is 2.84. The monoisotopic (exact) mass is 247 g/mol. The van der Waals surface area contributed by atoms with Gasteiger partial charge in [-0.3, -0.25) is 0 Å². The number of furan rings is 1. The molecule has 0 amide bonds. The van der Waals surface area contributed by atoms with Crippen molar-refractivity contribution in [1.29, 1.82) is 0 Å². The molecule has 1 atom stereocenters. The van der Waals surface area contributed by atoms with E-state index in [2.05, 4.69) is 31.3 Å². The van der Waals surface area contributed by atoms with Crippen LogP contribution in [0.1, 0.15) is 63.3 Å². The second-order valence-corrected chi connectivity index (χ2v) is 5.02. The molecular formula is C16H25NO. The van der Waals surface area contributed by atoms with Crippen molar-refractivity contribution in [3.63, 3.8) is 0 Å². The lowest BCUT2D eigenvalue weighted by atomic mass is 9.94. The first-order chi connectivity index (χ1) is 8.86. The van der Waals surface area contributed by atoms with Gasteiger partial charge in [-0.05, 0) is 38.3 Å². The second-order valence-electron chi connectivity index (χ2n) is 5.02. The number of allylic oxidation sites excluding steroid dienone is 1. The van der Waals surface area contributed by atoms with Crippen LogP contribution in [-0.4, -0.2) is 6.54 Å². The van der Waals surface area contributed by atoms with E-state index in [9.17, 15) is 0 Å². The maximum atomic E-state index is 5.60. The Morgan fingerprint density at radius 1 is 1.28 bits per heavy atom. The van der Waals surface area contributed by atoms with E-state index in [4.69, 9.17) is 4.42 Å². The van der Waals surface area contributed by atoms with Gasteiger partial charge in [-0.25, -0.2) is 0 Å². The van der Waals surface area contributed by atoms with Crippen LogP contribution < -0.4 is 5.32 Å². The van der Waals surface area contributed by atoms with Crippen LogP contribution in [0.5, 0.6) is 0 Å². The van der Waals surface area contributed by atoms with E-state index in [1.807, 2.05) is 6.26 Å². The SMILES string of the molecule is CCNC(C1=CCCCCC1)c1ccoc1CC. The summed E-state index contributed by atoms with van der Waals surface area (Å²) in [6.07, 6.45) is 11.7. The van der Waals surface area contributed by atoms with Gasteiger partial charge in [0.2, 0.25) is 0 Å². The molecule has 2 nitrogen and oxygen atoms in total. The molecule has 1 N–H and O–H groups in total. The Morgan fingerprint density at radius 2 is 2.17 bits per heavy atom. The van der Waals surface area contributed by atoms with Crippen molar-refractivity contribution in [2.24, 2.45) is 0 Å². The Morgan fingerprint density at radius 3 is 2.94 bits per heavy atom. The lowest BCUT2D eigenvalue weighted by Crippen LogP contribution is -2.23. The molecule has 2 heteroatoms. The van der Waals surface area contributed by atoms with E-state index < -0.39 is 0 Å². The molecule has 2 rings (SSSR count). The van der Waals surface area contributed by atoms with Gasteiger partial charge in [0.05, 0.1) is 12.3 Å². The van der Waals surface area contributed by atoms with E-state index in [1.165, 1.54) is 37.7 Å². The molecule has 1 aliphatic carbocycles. The standard InChI is InChI=1S/C16H25NO/c1-3-15-14(11-12-18-15)16(17-4-2)13-9-7-5-6-8-10-13/h9,11-12,16-17H,3-8,10H2,1-2H3. The highest BCUT2D eigenvalue weighted by atomic mass is 16.3. The molecule has 1 aromatic rings. The molecule has 0 aliphatic heterocycles. The van der Waals surface area contributed by atoms with Crippen LogP contribution in [0.2, 0.25) is 0 Å². The van der Waals surface area contributed by atoms with Gasteiger partial charge in [0.1, 0.15) is 5.76 Å². The van der Waals surface area contributed by atoms with Crippen molar-refractivity contribution < 1.29 is 4.42 Å². The maximum absolute atomic E-state index is 5.60. The van der Waals surface area contributed by atoms with Gasteiger partial charge in [-0.2, -0.15) is 0 Å². The van der Waals surface area contributed by atoms with Crippen molar-refractivity contribution in [1.82, 2.24) is 5.32 Å². The molecule has 100 valence electrons.